The molecule has 0 aliphatic carbocycles. The monoisotopic (exact) mass is 267 g/mol. The number of ether oxygens (including phenoxy) is 2. The molecule has 108 valence electrons. The van der Waals surface area contributed by atoms with Gasteiger partial charge in [0.25, 0.3) is 0 Å². The van der Waals surface area contributed by atoms with Crippen molar-refractivity contribution in [2.75, 3.05) is 52.5 Å². The minimum atomic E-state index is 0.717. The molecule has 1 N–H and O–H groups in total. The van der Waals surface area contributed by atoms with E-state index in [0.717, 1.165) is 32.7 Å². The number of methoxy groups -OCH3 is 2. The largest absolute Gasteiger partial charge is 0.385 e. The first-order chi connectivity index (χ1) is 9.33. The number of aromatic nitrogens is 1. The fourth-order valence-corrected chi connectivity index (χ4v) is 2.01. The van der Waals surface area contributed by atoms with Crippen LogP contribution in [0.15, 0.2) is 18.5 Å². The van der Waals surface area contributed by atoms with Crippen LogP contribution in [-0.4, -0.2) is 52.6 Å². The van der Waals surface area contributed by atoms with Gasteiger partial charge in [0.2, 0.25) is 0 Å². The van der Waals surface area contributed by atoms with E-state index >= 15 is 0 Å². The van der Waals surface area contributed by atoms with Crippen LogP contribution in [0.3, 0.4) is 0 Å². The van der Waals surface area contributed by atoms with E-state index in [1.165, 1.54) is 11.3 Å². The number of rotatable bonds is 10. The van der Waals surface area contributed by atoms with Gasteiger partial charge in [-0.1, -0.05) is 0 Å². The van der Waals surface area contributed by atoms with Crippen molar-refractivity contribution >= 4 is 5.69 Å². The third-order valence-corrected chi connectivity index (χ3v) is 2.93. The summed E-state index contributed by atoms with van der Waals surface area (Å²) in [6.07, 6.45) is 4.76. The molecular weight excluding hydrogens is 242 g/mol. The summed E-state index contributed by atoms with van der Waals surface area (Å²) in [6, 6.07) is 2.06. The predicted molar refractivity (Wildman–Crippen MR) is 77.6 cm³/mol. The van der Waals surface area contributed by atoms with Crippen molar-refractivity contribution in [3.05, 3.63) is 24.0 Å². The highest BCUT2D eigenvalue weighted by atomic mass is 16.5. The molecule has 0 unspecified atom stereocenters. The summed E-state index contributed by atoms with van der Waals surface area (Å²) >= 11 is 0. The summed E-state index contributed by atoms with van der Waals surface area (Å²) in [7, 11) is 5.41. The first kappa shape index (κ1) is 15.9. The number of nitrogens with zero attached hydrogens (tertiary/aromatic N) is 2. The van der Waals surface area contributed by atoms with E-state index in [9.17, 15) is 0 Å². The molecule has 0 bridgehead atoms. The maximum absolute atomic E-state index is 5.20. The molecule has 0 spiro atoms. The third kappa shape index (κ3) is 5.55. The normalized spacial score (nSPS) is 10.7. The van der Waals surface area contributed by atoms with Crippen LogP contribution in [0.4, 0.5) is 5.69 Å². The van der Waals surface area contributed by atoms with Gasteiger partial charge in [0.15, 0.2) is 0 Å². The molecule has 0 saturated heterocycles. The Morgan fingerprint density at radius 1 is 1.21 bits per heavy atom. The Labute approximate surface area is 115 Å². The molecule has 0 atom stereocenters. The van der Waals surface area contributed by atoms with Gasteiger partial charge in [-0.25, -0.2) is 0 Å². The third-order valence-electron chi connectivity index (χ3n) is 2.93. The zero-order valence-electron chi connectivity index (χ0n) is 12.2. The average molecular weight is 267 g/mol. The molecule has 5 nitrogen and oxygen atoms in total. The van der Waals surface area contributed by atoms with E-state index in [0.29, 0.717) is 6.61 Å². The molecule has 5 heteroatoms. The summed E-state index contributed by atoms with van der Waals surface area (Å²) in [5.41, 5.74) is 2.43. The molecule has 19 heavy (non-hydrogen) atoms. The van der Waals surface area contributed by atoms with E-state index in [1.54, 1.807) is 14.2 Å². The van der Waals surface area contributed by atoms with Crippen LogP contribution in [0.5, 0.6) is 0 Å². The highest BCUT2D eigenvalue weighted by molar-refractivity contribution is 5.52. The van der Waals surface area contributed by atoms with Crippen molar-refractivity contribution in [3.63, 3.8) is 0 Å². The Morgan fingerprint density at radius 2 is 2.00 bits per heavy atom. The molecule has 0 aromatic carbocycles. The molecule has 0 fully saturated rings. The number of hydrogen-bond donors (Lipinski definition) is 1. The summed E-state index contributed by atoms with van der Waals surface area (Å²) in [6.45, 7) is 4.14. The average Bonchev–Trinajstić information content (AvgIpc) is 2.44. The zero-order valence-corrected chi connectivity index (χ0v) is 12.2. The van der Waals surface area contributed by atoms with Gasteiger partial charge in [0.05, 0.1) is 6.61 Å². The van der Waals surface area contributed by atoms with Crippen LogP contribution < -0.4 is 10.2 Å². The molecule has 0 aliphatic rings. The number of anilines is 1. The van der Waals surface area contributed by atoms with Gasteiger partial charge < -0.3 is 19.7 Å². The lowest BCUT2D eigenvalue weighted by Gasteiger charge is -2.26. The van der Waals surface area contributed by atoms with E-state index in [4.69, 9.17) is 9.47 Å². The van der Waals surface area contributed by atoms with Crippen LogP contribution in [0.25, 0.3) is 0 Å². The molecule has 1 aromatic heterocycles. The van der Waals surface area contributed by atoms with Gasteiger partial charge in [-0.2, -0.15) is 0 Å². The van der Waals surface area contributed by atoms with Crippen LogP contribution >= 0.6 is 0 Å². The Hall–Kier alpha value is -1.17. The summed E-state index contributed by atoms with van der Waals surface area (Å²) in [5.74, 6) is 0. The Balaban J connectivity index is 2.76. The first-order valence-electron chi connectivity index (χ1n) is 6.63. The van der Waals surface area contributed by atoms with Crippen molar-refractivity contribution in [2.24, 2.45) is 0 Å². The number of nitrogens with one attached hydrogen (secondary N) is 1. The summed E-state index contributed by atoms with van der Waals surface area (Å²) < 4.78 is 10.3. The lowest BCUT2D eigenvalue weighted by atomic mass is 10.2. The van der Waals surface area contributed by atoms with Gasteiger partial charge >= 0.3 is 0 Å². The second-order valence-electron chi connectivity index (χ2n) is 4.36. The van der Waals surface area contributed by atoms with Crippen LogP contribution in [0, 0.1) is 0 Å². The van der Waals surface area contributed by atoms with Gasteiger partial charge in [0, 0.05) is 64.1 Å². The molecule has 1 rings (SSSR count). The van der Waals surface area contributed by atoms with Crippen molar-refractivity contribution in [3.8, 4) is 0 Å². The van der Waals surface area contributed by atoms with E-state index in [2.05, 4.69) is 21.3 Å². The van der Waals surface area contributed by atoms with Gasteiger partial charge in [-0.15, -0.1) is 0 Å². The number of hydrogen-bond acceptors (Lipinski definition) is 5. The Kier molecular flexibility index (Phi) is 8.13. The van der Waals surface area contributed by atoms with Gasteiger partial charge in [-0.3, -0.25) is 4.98 Å². The van der Waals surface area contributed by atoms with Crippen LogP contribution in [0.2, 0.25) is 0 Å². The standard InChI is InChI=1S/C14H25N3O2/c1-15-11-13-12-16-6-5-14(13)17(8-10-19-3)7-4-9-18-2/h5-6,12,15H,4,7-11H2,1-3H3. The molecule has 0 saturated carbocycles. The maximum atomic E-state index is 5.20. The van der Waals surface area contributed by atoms with Crippen molar-refractivity contribution in [2.45, 2.75) is 13.0 Å². The lowest BCUT2D eigenvalue weighted by molar-refractivity contribution is 0.191. The van der Waals surface area contributed by atoms with Gasteiger partial charge in [0.1, 0.15) is 0 Å². The summed E-state index contributed by atoms with van der Waals surface area (Å²) in [5, 5.41) is 3.18. The highest BCUT2D eigenvalue weighted by Crippen LogP contribution is 2.19. The quantitative estimate of drug-likeness (QED) is 0.647. The van der Waals surface area contributed by atoms with Crippen molar-refractivity contribution in [1.29, 1.82) is 0 Å². The van der Waals surface area contributed by atoms with Crippen LogP contribution in [-0.2, 0) is 16.0 Å². The van der Waals surface area contributed by atoms with E-state index < -0.39 is 0 Å². The van der Waals surface area contributed by atoms with E-state index in [-0.39, 0.29) is 0 Å². The molecule has 0 amide bonds. The molecule has 1 heterocycles. The van der Waals surface area contributed by atoms with E-state index in [1.807, 2.05) is 19.4 Å². The zero-order chi connectivity index (χ0) is 13.9. The first-order valence-corrected chi connectivity index (χ1v) is 6.63. The minimum Gasteiger partial charge on any atom is -0.385 e. The number of pyridine rings is 1. The SMILES string of the molecule is CNCc1cnccc1N(CCCOC)CCOC. The molecular formula is C14H25N3O2. The lowest BCUT2D eigenvalue weighted by Crippen LogP contribution is -2.30. The highest BCUT2D eigenvalue weighted by Gasteiger charge is 2.10. The second-order valence-corrected chi connectivity index (χ2v) is 4.36. The molecule has 0 radical (unpaired) electrons. The minimum absolute atomic E-state index is 0.717. The smallest absolute Gasteiger partial charge is 0.0637 e. The predicted octanol–water partition coefficient (Wildman–Crippen LogP) is 1.29. The Morgan fingerprint density at radius 3 is 2.68 bits per heavy atom. The molecule has 1 aromatic rings. The fourth-order valence-electron chi connectivity index (χ4n) is 2.01. The second kappa shape index (κ2) is 9.72. The summed E-state index contributed by atoms with van der Waals surface area (Å²) in [4.78, 5) is 6.53. The topological polar surface area (TPSA) is 46.6 Å². The maximum Gasteiger partial charge on any atom is 0.0637 e. The van der Waals surface area contributed by atoms with Crippen molar-refractivity contribution in [1.82, 2.24) is 10.3 Å². The van der Waals surface area contributed by atoms with Crippen LogP contribution in [0.1, 0.15) is 12.0 Å². The molecule has 0 aliphatic heterocycles. The Bertz CT molecular complexity index is 347. The van der Waals surface area contributed by atoms with Gasteiger partial charge in [-0.05, 0) is 19.5 Å². The van der Waals surface area contributed by atoms with Crippen molar-refractivity contribution < 1.29 is 9.47 Å². The fraction of sp³-hybridized carbons (Fsp3) is 0.643.